The van der Waals surface area contributed by atoms with Gasteiger partial charge < -0.3 is 4.90 Å². The number of rotatable bonds is 5. The van der Waals surface area contributed by atoms with Gasteiger partial charge in [-0.05, 0) is 17.7 Å². The quantitative estimate of drug-likeness (QED) is 0.774. The van der Waals surface area contributed by atoms with Crippen LogP contribution in [0.2, 0.25) is 0 Å². The molecule has 2 rings (SSSR count). The fourth-order valence-electron chi connectivity index (χ4n) is 2.16. The predicted molar refractivity (Wildman–Crippen MR) is 81.1 cm³/mol. The second-order valence-electron chi connectivity index (χ2n) is 4.49. The highest BCUT2D eigenvalue weighted by Gasteiger charge is 2.27. The molecule has 1 amide bonds. The zero-order valence-corrected chi connectivity index (χ0v) is 12.8. The number of carbonyl (C=O) groups is 1. The highest BCUT2D eigenvalue weighted by atomic mass is 79.9. The zero-order chi connectivity index (χ0) is 12.8. The van der Waals surface area contributed by atoms with Crippen molar-refractivity contribution in [2.75, 3.05) is 23.4 Å². The van der Waals surface area contributed by atoms with Gasteiger partial charge in [0.25, 0.3) is 0 Å². The standard InChI is InChI=1S/C14H18BrNOS/c15-7-8-16(10-12-4-2-1-3-5-12)14(17)13-6-9-18-11-13/h1-5,13H,6-11H2. The molecule has 0 saturated carbocycles. The van der Waals surface area contributed by atoms with E-state index in [1.54, 1.807) is 0 Å². The maximum absolute atomic E-state index is 12.4. The molecule has 1 unspecified atom stereocenters. The topological polar surface area (TPSA) is 20.3 Å². The van der Waals surface area contributed by atoms with E-state index in [2.05, 4.69) is 28.1 Å². The third-order valence-electron chi connectivity index (χ3n) is 3.16. The van der Waals surface area contributed by atoms with Crippen LogP contribution in [0.4, 0.5) is 0 Å². The third-order valence-corrected chi connectivity index (χ3v) is 4.68. The monoisotopic (exact) mass is 327 g/mol. The summed E-state index contributed by atoms with van der Waals surface area (Å²) in [6.07, 6.45) is 1.04. The molecule has 0 spiro atoms. The fourth-order valence-corrected chi connectivity index (χ4v) is 3.80. The normalized spacial score (nSPS) is 18.8. The lowest BCUT2D eigenvalue weighted by molar-refractivity contribution is -0.135. The first kappa shape index (κ1) is 13.9. The summed E-state index contributed by atoms with van der Waals surface area (Å²) < 4.78 is 0. The minimum Gasteiger partial charge on any atom is -0.337 e. The van der Waals surface area contributed by atoms with Crippen molar-refractivity contribution in [3.05, 3.63) is 35.9 Å². The molecule has 0 aromatic heterocycles. The van der Waals surface area contributed by atoms with Crippen LogP contribution >= 0.6 is 27.7 Å². The van der Waals surface area contributed by atoms with Crippen molar-refractivity contribution in [2.45, 2.75) is 13.0 Å². The molecule has 98 valence electrons. The first-order chi connectivity index (χ1) is 8.81. The number of nitrogens with zero attached hydrogens (tertiary/aromatic N) is 1. The van der Waals surface area contributed by atoms with Crippen molar-refractivity contribution in [1.29, 1.82) is 0 Å². The lowest BCUT2D eigenvalue weighted by Gasteiger charge is -2.24. The molecule has 0 aliphatic carbocycles. The maximum Gasteiger partial charge on any atom is 0.226 e. The summed E-state index contributed by atoms with van der Waals surface area (Å²) >= 11 is 5.33. The Morgan fingerprint density at radius 2 is 2.17 bits per heavy atom. The summed E-state index contributed by atoms with van der Waals surface area (Å²) in [5.41, 5.74) is 1.21. The number of halogens is 1. The van der Waals surface area contributed by atoms with Crippen molar-refractivity contribution in [1.82, 2.24) is 4.90 Å². The Hall–Kier alpha value is -0.480. The summed E-state index contributed by atoms with van der Waals surface area (Å²) in [6.45, 7) is 1.52. The summed E-state index contributed by atoms with van der Waals surface area (Å²) in [7, 11) is 0. The van der Waals surface area contributed by atoms with E-state index in [9.17, 15) is 4.79 Å². The van der Waals surface area contributed by atoms with Crippen LogP contribution in [0.1, 0.15) is 12.0 Å². The van der Waals surface area contributed by atoms with Crippen LogP contribution in [-0.2, 0) is 11.3 Å². The van der Waals surface area contributed by atoms with Crippen LogP contribution in [0, 0.1) is 5.92 Å². The summed E-state index contributed by atoms with van der Waals surface area (Å²) in [5.74, 6) is 2.68. The Morgan fingerprint density at radius 3 is 2.78 bits per heavy atom. The lowest BCUT2D eigenvalue weighted by Crippen LogP contribution is -2.37. The number of alkyl halides is 1. The van der Waals surface area contributed by atoms with Crippen LogP contribution in [-0.4, -0.2) is 34.2 Å². The summed E-state index contributed by atoms with van der Waals surface area (Å²) in [4.78, 5) is 14.4. The second kappa shape index (κ2) is 7.19. The Labute approximate surface area is 121 Å². The molecule has 1 aliphatic heterocycles. The second-order valence-corrected chi connectivity index (χ2v) is 6.44. The zero-order valence-electron chi connectivity index (χ0n) is 10.3. The molecule has 4 heteroatoms. The van der Waals surface area contributed by atoms with E-state index in [1.807, 2.05) is 34.9 Å². The molecular weight excluding hydrogens is 310 g/mol. The van der Waals surface area contributed by atoms with Crippen molar-refractivity contribution in [2.24, 2.45) is 5.92 Å². The molecule has 2 nitrogen and oxygen atoms in total. The highest BCUT2D eigenvalue weighted by Crippen LogP contribution is 2.25. The van der Waals surface area contributed by atoms with E-state index < -0.39 is 0 Å². The van der Waals surface area contributed by atoms with Crippen molar-refractivity contribution in [3.63, 3.8) is 0 Å². The molecule has 1 atom stereocenters. The van der Waals surface area contributed by atoms with Gasteiger partial charge in [0.1, 0.15) is 0 Å². The van der Waals surface area contributed by atoms with Crippen molar-refractivity contribution >= 4 is 33.6 Å². The van der Waals surface area contributed by atoms with E-state index in [0.717, 1.165) is 36.3 Å². The van der Waals surface area contributed by atoms with E-state index in [4.69, 9.17) is 0 Å². The molecule has 1 heterocycles. The molecule has 1 aromatic carbocycles. The average Bonchev–Trinajstić information content (AvgIpc) is 2.92. The van der Waals surface area contributed by atoms with E-state index >= 15 is 0 Å². The van der Waals surface area contributed by atoms with E-state index in [1.165, 1.54) is 5.56 Å². The van der Waals surface area contributed by atoms with Gasteiger partial charge in [-0.15, -0.1) is 0 Å². The maximum atomic E-state index is 12.4. The lowest BCUT2D eigenvalue weighted by atomic mass is 10.1. The molecular formula is C14H18BrNOS. The van der Waals surface area contributed by atoms with Gasteiger partial charge in [-0.3, -0.25) is 4.79 Å². The van der Waals surface area contributed by atoms with Crippen LogP contribution in [0.5, 0.6) is 0 Å². The van der Waals surface area contributed by atoms with E-state index in [-0.39, 0.29) is 5.92 Å². The predicted octanol–water partition coefficient (Wildman–Crippen LogP) is 3.16. The van der Waals surface area contributed by atoms with Crippen molar-refractivity contribution in [3.8, 4) is 0 Å². The molecule has 0 N–H and O–H groups in total. The van der Waals surface area contributed by atoms with Gasteiger partial charge in [-0.2, -0.15) is 11.8 Å². The first-order valence-corrected chi connectivity index (χ1v) is 8.55. The Kier molecular flexibility index (Phi) is 5.57. The van der Waals surface area contributed by atoms with E-state index in [0.29, 0.717) is 5.91 Å². The minimum absolute atomic E-state index is 0.234. The summed E-state index contributed by atoms with van der Waals surface area (Å²) in [5, 5.41) is 0.839. The molecule has 1 fully saturated rings. The molecule has 1 saturated heterocycles. The molecule has 1 aliphatic rings. The number of carbonyl (C=O) groups excluding carboxylic acids is 1. The Bertz CT molecular complexity index is 379. The number of hydrogen-bond donors (Lipinski definition) is 0. The fraction of sp³-hybridized carbons (Fsp3) is 0.500. The Morgan fingerprint density at radius 1 is 1.39 bits per heavy atom. The van der Waals surface area contributed by atoms with Gasteiger partial charge in [0.05, 0.1) is 0 Å². The van der Waals surface area contributed by atoms with Crippen LogP contribution < -0.4 is 0 Å². The van der Waals surface area contributed by atoms with Crippen LogP contribution in [0.3, 0.4) is 0 Å². The SMILES string of the molecule is O=C(C1CCSC1)N(CCBr)Cc1ccccc1. The Balaban J connectivity index is 2.00. The number of thioether (sulfide) groups is 1. The summed E-state index contributed by atoms with van der Waals surface area (Å²) in [6, 6.07) is 10.2. The van der Waals surface area contributed by atoms with Gasteiger partial charge in [-0.1, -0.05) is 46.3 Å². The highest BCUT2D eigenvalue weighted by molar-refractivity contribution is 9.09. The third kappa shape index (κ3) is 3.75. The molecule has 18 heavy (non-hydrogen) atoms. The smallest absolute Gasteiger partial charge is 0.226 e. The van der Waals surface area contributed by atoms with Gasteiger partial charge in [0.2, 0.25) is 5.91 Å². The van der Waals surface area contributed by atoms with Gasteiger partial charge in [0.15, 0.2) is 0 Å². The molecule has 0 radical (unpaired) electrons. The number of amides is 1. The number of hydrogen-bond acceptors (Lipinski definition) is 2. The van der Waals surface area contributed by atoms with Crippen LogP contribution in [0.15, 0.2) is 30.3 Å². The van der Waals surface area contributed by atoms with Gasteiger partial charge >= 0.3 is 0 Å². The van der Waals surface area contributed by atoms with Crippen molar-refractivity contribution < 1.29 is 4.79 Å². The van der Waals surface area contributed by atoms with Gasteiger partial charge in [0, 0.05) is 30.1 Å². The average molecular weight is 328 g/mol. The van der Waals surface area contributed by atoms with Gasteiger partial charge in [-0.25, -0.2) is 0 Å². The van der Waals surface area contributed by atoms with Crippen LogP contribution in [0.25, 0.3) is 0 Å². The molecule has 0 bridgehead atoms. The largest absolute Gasteiger partial charge is 0.337 e. The minimum atomic E-state index is 0.234. The number of benzene rings is 1. The molecule has 1 aromatic rings. The first-order valence-electron chi connectivity index (χ1n) is 6.27.